The highest BCUT2D eigenvalue weighted by molar-refractivity contribution is 6.30. The molecule has 2 heterocycles. The Morgan fingerprint density at radius 1 is 1.00 bits per heavy atom. The molecule has 0 bridgehead atoms. The van der Waals surface area contributed by atoms with Gasteiger partial charge in [0, 0.05) is 26.3 Å². The maximum absolute atomic E-state index is 13.6. The molecule has 1 aliphatic carbocycles. The molecular formula is C26H32ClN3O3. The van der Waals surface area contributed by atoms with E-state index < -0.39 is 0 Å². The number of para-hydroxylation sites is 1. The predicted molar refractivity (Wildman–Crippen MR) is 129 cm³/mol. The number of carbonyl (C=O) groups excluding carboxylic acids is 2. The minimum absolute atomic E-state index is 0.0201. The van der Waals surface area contributed by atoms with E-state index in [0.717, 1.165) is 51.4 Å². The van der Waals surface area contributed by atoms with Gasteiger partial charge in [0.05, 0.1) is 16.6 Å². The summed E-state index contributed by atoms with van der Waals surface area (Å²) in [4.78, 5) is 34.7. The first-order chi connectivity index (χ1) is 16.0. The summed E-state index contributed by atoms with van der Waals surface area (Å²) in [5.41, 5.74) is 0.987. The van der Waals surface area contributed by atoms with Gasteiger partial charge in [-0.2, -0.15) is 0 Å². The SMILES string of the molecule is CN1CCCCCCN(C(=O)c2ccc(Cl)cn2)[C@@H]2CCCC[C@@H]2Oc2ccccc2C1=O. The maximum Gasteiger partial charge on any atom is 0.272 e. The summed E-state index contributed by atoms with van der Waals surface area (Å²) < 4.78 is 6.52. The highest BCUT2D eigenvalue weighted by atomic mass is 35.5. The van der Waals surface area contributed by atoms with Crippen molar-refractivity contribution in [3.8, 4) is 5.75 Å². The average molecular weight is 470 g/mol. The van der Waals surface area contributed by atoms with Crippen LogP contribution in [0.1, 0.15) is 72.2 Å². The fraction of sp³-hybridized carbons (Fsp3) is 0.500. The number of halogens is 1. The van der Waals surface area contributed by atoms with Crippen LogP contribution < -0.4 is 4.74 Å². The molecule has 1 saturated carbocycles. The van der Waals surface area contributed by atoms with Crippen LogP contribution in [0.5, 0.6) is 5.75 Å². The Kier molecular flexibility index (Phi) is 7.86. The van der Waals surface area contributed by atoms with Gasteiger partial charge in [-0.15, -0.1) is 0 Å². The summed E-state index contributed by atoms with van der Waals surface area (Å²) in [7, 11) is 1.86. The van der Waals surface area contributed by atoms with Crippen LogP contribution in [0.4, 0.5) is 0 Å². The lowest BCUT2D eigenvalue weighted by atomic mass is 9.90. The largest absolute Gasteiger partial charge is 0.487 e. The van der Waals surface area contributed by atoms with Crippen LogP contribution in [0.15, 0.2) is 42.6 Å². The number of amides is 2. The number of hydrogen-bond donors (Lipinski definition) is 0. The quantitative estimate of drug-likeness (QED) is 0.574. The number of hydrogen-bond acceptors (Lipinski definition) is 4. The number of nitrogens with zero attached hydrogens (tertiary/aromatic N) is 3. The van der Waals surface area contributed by atoms with Crippen molar-refractivity contribution in [3.05, 3.63) is 58.9 Å². The zero-order valence-corrected chi connectivity index (χ0v) is 20.0. The predicted octanol–water partition coefficient (Wildman–Crippen LogP) is 5.21. The Morgan fingerprint density at radius 3 is 2.55 bits per heavy atom. The molecule has 176 valence electrons. The molecule has 2 aromatic rings. The molecule has 1 aliphatic heterocycles. The van der Waals surface area contributed by atoms with E-state index in [-0.39, 0.29) is 24.0 Å². The Balaban J connectivity index is 1.67. The first-order valence-electron chi connectivity index (χ1n) is 12.0. The molecule has 0 N–H and O–H groups in total. The van der Waals surface area contributed by atoms with E-state index in [2.05, 4.69) is 4.98 Å². The molecular weight excluding hydrogens is 438 g/mol. The minimum atomic E-state index is -0.169. The molecule has 2 aliphatic rings. The van der Waals surface area contributed by atoms with Crippen molar-refractivity contribution in [2.75, 3.05) is 20.1 Å². The summed E-state index contributed by atoms with van der Waals surface area (Å²) in [5.74, 6) is 0.497. The van der Waals surface area contributed by atoms with Gasteiger partial charge in [-0.3, -0.25) is 9.59 Å². The third kappa shape index (κ3) is 5.67. The van der Waals surface area contributed by atoms with Crippen molar-refractivity contribution < 1.29 is 14.3 Å². The van der Waals surface area contributed by atoms with Crippen molar-refractivity contribution >= 4 is 23.4 Å². The Labute approximate surface area is 200 Å². The summed E-state index contributed by atoms with van der Waals surface area (Å²) in [6, 6.07) is 10.8. The molecule has 33 heavy (non-hydrogen) atoms. The summed E-state index contributed by atoms with van der Waals surface area (Å²) >= 11 is 5.99. The number of pyridine rings is 1. The molecule has 0 spiro atoms. The fourth-order valence-electron chi connectivity index (χ4n) is 4.84. The lowest BCUT2D eigenvalue weighted by Gasteiger charge is -2.40. The van der Waals surface area contributed by atoms with Crippen LogP contribution in [0.25, 0.3) is 0 Å². The summed E-state index contributed by atoms with van der Waals surface area (Å²) in [6.07, 6.45) is 9.04. The van der Waals surface area contributed by atoms with Crippen molar-refractivity contribution in [2.24, 2.45) is 0 Å². The molecule has 2 amide bonds. The number of fused-ring (bicyclic) bond motifs is 2. The summed E-state index contributed by atoms with van der Waals surface area (Å²) in [5, 5.41) is 0.512. The van der Waals surface area contributed by atoms with E-state index in [1.54, 1.807) is 17.0 Å². The van der Waals surface area contributed by atoms with Gasteiger partial charge in [-0.05, 0) is 56.4 Å². The molecule has 0 radical (unpaired) electrons. The molecule has 1 fully saturated rings. The molecule has 4 rings (SSSR count). The van der Waals surface area contributed by atoms with Crippen molar-refractivity contribution in [2.45, 2.75) is 63.5 Å². The van der Waals surface area contributed by atoms with Crippen LogP contribution in [0.2, 0.25) is 5.02 Å². The van der Waals surface area contributed by atoms with Crippen LogP contribution in [-0.2, 0) is 0 Å². The number of ether oxygens (including phenoxy) is 1. The van der Waals surface area contributed by atoms with E-state index in [4.69, 9.17) is 16.3 Å². The highest BCUT2D eigenvalue weighted by Gasteiger charge is 2.36. The van der Waals surface area contributed by atoms with Gasteiger partial charge >= 0.3 is 0 Å². The van der Waals surface area contributed by atoms with Gasteiger partial charge in [0.15, 0.2) is 0 Å². The molecule has 0 saturated heterocycles. The smallest absolute Gasteiger partial charge is 0.272 e. The first kappa shape index (κ1) is 23.6. The second kappa shape index (κ2) is 11.0. The number of carbonyl (C=O) groups is 2. The van der Waals surface area contributed by atoms with E-state index >= 15 is 0 Å². The first-order valence-corrected chi connectivity index (χ1v) is 12.4. The standard InChI is InChI=1S/C26H32ClN3O3/c1-29-16-8-2-3-9-17-30(26(32)21-15-14-19(27)18-28-21)22-11-5-7-13-24(22)33-23-12-6-4-10-20(23)25(29)31/h4,6,10,12,14-15,18,22,24H,2-3,5,7-9,11,13,16-17H2,1H3/t22-,24+/m1/s1. The van der Waals surface area contributed by atoms with Crippen molar-refractivity contribution in [3.63, 3.8) is 0 Å². The molecule has 0 unspecified atom stereocenters. The second-order valence-electron chi connectivity index (χ2n) is 9.01. The molecule has 6 nitrogen and oxygen atoms in total. The molecule has 2 atom stereocenters. The third-order valence-corrected chi connectivity index (χ3v) is 6.88. The molecule has 1 aromatic heterocycles. The van der Waals surface area contributed by atoms with Crippen molar-refractivity contribution in [1.82, 2.24) is 14.8 Å². The van der Waals surface area contributed by atoms with Crippen molar-refractivity contribution in [1.29, 1.82) is 0 Å². The van der Waals surface area contributed by atoms with Crippen LogP contribution in [0.3, 0.4) is 0 Å². The van der Waals surface area contributed by atoms with Crippen LogP contribution in [0, 0.1) is 0 Å². The number of benzene rings is 1. The van der Waals surface area contributed by atoms with Gasteiger partial charge in [-0.25, -0.2) is 4.98 Å². The maximum atomic E-state index is 13.6. The zero-order chi connectivity index (χ0) is 23.2. The minimum Gasteiger partial charge on any atom is -0.487 e. The zero-order valence-electron chi connectivity index (χ0n) is 19.2. The number of rotatable bonds is 1. The van der Waals surface area contributed by atoms with Crippen LogP contribution in [-0.4, -0.2) is 58.9 Å². The van der Waals surface area contributed by atoms with E-state index in [9.17, 15) is 9.59 Å². The van der Waals surface area contributed by atoms with Crippen LogP contribution >= 0.6 is 11.6 Å². The monoisotopic (exact) mass is 469 g/mol. The summed E-state index contributed by atoms with van der Waals surface area (Å²) in [6.45, 7) is 1.38. The van der Waals surface area contributed by atoms with E-state index in [0.29, 0.717) is 35.1 Å². The topological polar surface area (TPSA) is 62.7 Å². The Morgan fingerprint density at radius 2 is 1.76 bits per heavy atom. The second-order valence-corrected chi connectivity index (χ2v) is 9.44. The molecule has 1 aromatic carbocycles. The number of aromatic nitrogens is 1. The lowest BCUT2D eigenvalue weighted by molar-refractivity contribution is 0.0264. The Hall–Kier alpha value is -2.60. The average Bonchev–Trinajstić information content (AvgIpc) is 2.83. The van der Waals surface area contributed by atoms with Gasteiger partial charge in [0.1, 0.15) is 17.5 Å². The normalized spacial score (nSPS) is 22.5. The lowest BCUT2D eigenvalue weighted by Crippen LogP contribution is -2.51. The van der Waals surface area contributed by atoms with E-state index in [1.165, 1.54) is 6.20 Å². The van der Waals surface area contributed by atoms with E-state index in [1.807, 2.05) is 36.2 Å². The van der Waals surface area contributed by atoms with Gasteiger partial charge in [0.25, 0.3) is 11.8 Å². The van der Waals surface area contributed by atoms with Gasteiger partial charge in [0.2, 0.25) is 0 Å². The Bertz CT molecular complexity index is 966. The molecule has 7 heteroatoms. The highest BCUT2D eigenvalue weighted by Crippen LogP contribution is 2.31. The fourth-order valence-corrected chi connectivity index (χ4v) is 4.95. The van der Waals surface area contributed by atoms with Gasteiger partial charge < -0.3 is 14.5 Å². The third-order valence-electron chi connectivity index (χ3n) is 6.66. The van der Waals surface area contributed by atoms with Gasteiger partial charge in [-0.1, -0.05) is 43.0 Å².